The third-order valence-electron chi connectivity index (χ3n) is 4.59. The van der Waals surface area contributed by atoms with Crippen LogP contribution in [0.5, 0.6) is 11.5 Å². The van der Waals surface area contributed by atoms with E-state index in [1.807, 2.05) is 0 Å². The highest BCUT2D eigenvalue weighted by Crippen LogP contribution is 2.42. The summed E-state index contributed by atoms with van der Waals surface area (Å²) >= 11 is 0. The SMILES string of the molecule is Oc1cc(/C=C/c2cc(F)ccc2F)cc(O)c1C1CCCCC1. The maximum absolute atomic E-state index is 13.6. The molecule has 1 aliphatic rings. The molecule has 126 valence electrons. The Morgan fingerprint density at radius 2 is 1.54 bits per heavy atom. The molecule has 0 spiro atoms. The number of aromatic hydroxyl groups is 2. The van der Waals surface area contributed by atoms with E-state index < -0.39 is 11.6 Å². The maximum atomic E-state index is 13.6. The van der Waals surface area contributed by atoms with Gasteiger partial charge in [0.05, 0.1) is 0 Å². The molecule has 1 fully saturated rings. The van der Waals surface area contributed by atoms with E-state index in [0.717, 1.165) is 43.9 Å². The Kier molecular flexibility index (Phi) is 4.84. The lowest BCUT2D eigenvalue weighted by Gasteiger charge is -2.23. The van der Waals surface area contributed by atoms with Crippen molar-refractivity contribution < 1.29 is 19.0 Å². The number of rotatable bonds is 3. The molecular weight excluding hydrogens is 310 g/mol. The van der Waals surface area contributed by atoms with Crippen LogP contribution in [-0.4, -0.2) is 10.2 Å². The average molecular weight is 330 g/mol. The van der Waals surface area contributed by atoms with Crippen molar-refractivity contribution in [2.45, 2.75) is 38.0 Å². The van der Waals surface area contributed by atoms with Crippen molar-refractivity contribution in [3.63, 3.8) is 0 Å². The minimum atomic E-state index is -0.528. The monoisotopic (exact) mass is 330 g/mol. The number of halogens is 2. The van der Waals surface area contributed by atoms with E-state index in [9.17, 15) is 19.0 Å². The fourth-order valence-corrected chi connectivity index (χ4v) is 3.38. The van der Waals surface area contributed by atoms with Gasteiger partial charge < -0.3 is 10.2 Å². The van der Waals surface area contributed by atoms with Gasteiger partial charge in [0.15, 0.2) is 0 Å². The second-order valence-corrected chi connectivity index (χ2v) is 6.31. The van der Waals surface area contributed by atoms with Crippen molar-refractivity contribution in [3.05, 3.63) is 58.7 Å². The summed E-state index contributed by atoms with van der Waals surface area (Å²) in [6.07, 6.45) is 8.29. The average Bonchev–Trinajstić information content (AvgIpc) is 2.56. The Morgan fingerprint density at radius 1 is 0.875 bits per heavy atom. The van der Waals surface area contributed by atoms with Gasteiger partial charge in [-0.25, -0.2) is 8.78 Å². The fourth-order valence-electron chi connectivity index (χ4n) is 3.38. The topological polar surface area (TPSA) is 40.5 Å². The van der Waals surface area contributed by atoms with Gasteiger partial charge in [-0.3, -0.25) is 0 Å². The van der Waals surface area contributed by atoms with Gasteiger partial charge in [0.1, 0.15) is 23.1 Å². The van der Waals surface area contributed by atoms with Crippen LogP contribution in [0.25, 0.3) is 12.2 Å². The molecule has 0 atom stereocenters. The molecule has 24 heavy (non-hydrogen) atoms. The van der Waals surface area contributed by atoms with Crippen molar-refractivity contribution >= 4 is 12.2 Å². The number of benzene rings is 2. The largest absolute Gasteiger partial charge is 0.507 e. The van der Waals surface area contributed by atoms with Crippen LogP contribution in [0.15, 0.2) is 30.3 Å². The van der Waals surface area contributed by atoms with Gasteiger partial charge in [0.25, 0.3) is 0 Å². The van der Waals surface area contributed by atoms with E-state index in [1.54, 1.807) is 18.2 Å². The molecule has 0 unspecified atom stereocenters. The van der Waals surface area contributed by atoms with E-state index in [2.05, 4.69) is 0 Å². The highest BCUT2D eigenvalue weighted by Gasteiger charge is 2.22. The zero-order chi connectivity index (χ0) is 17.1. The van der Waals surface area contributed by atoms with E-state index in [-0.39, 0.29) is 23.0 Å². The molecule has 0 aromatic heterocycles. The van der Waals surface area contributed by atoms with Gasteiger partial charge in [-0.2, -0.15) is 0 Å². The Bertz CT molecular complexity index is 739. The van der Waals surface area contributed by atoms with E-state index >= 15 is 0 Å². The second kappa shape index (κ2) is 7.04. The first-order valence-electron chi connectivity index (χ1n) is 8.23. The number of phenols is 2. The summed E-state index contributed by atoms with van der Waals surface area (Å²) in [5.41, 5.74) is 1.25. The van der Waals surface area contributed by atoms with Crippen LogP contribution in [-0.2, 0) is 0 Å². The first kappa shape index (κ1) is 16.5. The number of hydrogen-bond donors (Lipinski definition) is 2. The van der Waals surface area contributed by atoms with Crippen LogP contribution in [0.4, 0.5) is 8.78 Å². The van der Waals surface area contributed by atoms with Gasteiger partial charge in [-0.1, -0.05) is 31.4 Å². The van der Waals surface area contributed by atoms with Crippen LogP contribution < -0.4 is 0 Å². The van der Waals surface area contributed by atoms with Gasteiger partial charge >= 0.3 is 0 Å². The van der Waals surface area contributed by atoms with Crippen LogP contribution in [0.2, 0.25) is 0 Å². The van der Waals surface area contributed by atoms with Gasteiger partial charge in [-0.15, -0.1) is 0 Å². The molecule has 4 heteroatoms. The van der Waals surface area contributed by atoms with Gasteiger partial charge in [0, 0.05) is 11.1 Å². The molecule has 0 radical (unpaired) electrons. The molecule has 0 saturated heterocycles. The highest BCUT2D eigenvalue weighted by atomic mass is 19.1. The highest BCUT2D eigenvalue weighted by molar-refractivity contribution is 5.72. The normalized spacial score (nSPS) is 15.9. The molecule has 0 amide bonds. The molecule has 0 bridgehead atoms. The lowest BCUT2D eigenvalue weighted by atomic mass is 9.83. The van der Waals surface area contributed by atoms with Crippen molar-refractivity contribution in [1.29, 1.82) is 0 Å². The Labute approximate surface area is 140 Å². The predicted molar refractivity (Wildman–Crippen MR) is 90.9 cm³/mol. The Balaban J connectivity index is 1.87. The Hall–Kier alpha value is -2.36. The van der Waals surface area contributed by atoms with Crippen LogP contribution >= 0.6 is 0 Å². The second-order valence-electron chi connectivity index (χ2n) is 6.31. The van der Waals surface area contributed by atoms with Crippen LogP contribution in [0.3, 0.4) is 0 Å². The van der Waals surface area contributed by atoms with E-state index in [4.69, 9.17) is 0 Å². The fraction of sp³-hybridized carbons (Fsp3) is 0.300. The smallest absolute Gasteiger partial charge is 0.130 e. The third-order valence-corrected chi connectivity index (χ3v) is 4.59. The molecule has 2 nitrogen and oxygen atoms in total. The van der Waals surface area contributed by atoms with Crippen LogP contribution in [0.1, 0.15) is 54.7 Å². The summed E-state index contributed by atoms with van der Waals surface area (Å²) in [6, 6.07) is 6.33. The molecule has 2 aromatic rings. The van der Waals surface area contributed by atoms with Crippen molar-refractivity contribution in [3.8, 4) is 11.5 Å². The molecule has 1 aliphatic carbocycles. The molecule has 3 rings (SSSR count). The zero-order valence-corrected chi connectivity index (χ0v) is 13.3. The van der Waals surface area contributed by atoms with Crippen LogP contribution in [0, 0.1) is 11.6 Å². The molecule has 0 aliphatic heterocycles. The molecule has 0 heterocycles. The molecule has 1 saturated carbocycles. The predicted octanol–water partition coefficient (Wildman–Crippen LogP) is 5.59. The first-order valence-corrected chi connectivity index (χ1v) is 8.23. The maximum Gasteiger partial charge on any atom is 0.130 e. The van der Waals surface area contributed by atoms with Crippen molar-refractivity contribution in [1.82, 2.24) is 0 Å². The summed E-state index contributed by atoms with van der Waals surface area (Å²) in [5.74, 6) is -0.755. The minimum Gasteiger partial charge on any atom is -0.507 e. The number of hydrogen-bond acceptors (Lipinski definition) is 2. The lowest BCUT2D eigenvalue weighted by Crippen LogP contribution is -2.05. The van der Waals surface area contributed by atoms with Crippen molar-refractivity contribution in [2.75, 3.05) is 0 Å². The van der Waals surface area contributed by atoms with E-state index in [1.165, 1.54) is 12.5 Å². The molecule has 2 N–H and O–H groups in total. The summed E-state index contributed by atoms with van der Waals surface area (Å²) in [6.45, 7) is 0. The Morgan fingerprint density at radius 3 is 2.21 bits per heavy atom. The van der Waals surface area contributed by atoms with Crippen molar-refractivity contribution in [2.24, 2.45) is 0 Å². The third kappa shape index (κ3) is 3.58. The summed E-state index contributed by atoms with van der Waals surface area (Å²) in [5, 5.41) is 20.6. The standard InChI is InChI=1S/C20H20F2O2/c21-16-8-9-17(22)15(12-16)7-6-13-10-18(23)20(19(24)11-13)14-4-2-1-3-5-14/h6-12,14,23-24H,1-5H2/b7-6+. The summed E-state index contributed by atoms with van der Waals surface area (Å²) in [4.78, 5) is 0. The molecular formula is C20H20F2O2. The zero-order valence-electron chi connectivity index (χ0n) is 13.3. The quantitative estimate of drug-likeness (QED) is 0.720. The first-order chi connectivity index (χ1) is 11.5. The summed E-state index contributed by atoms with van der Waals surface area (Å²) < 4.78 is 26.8. The summed E-state index contributed by atoms with van der Waals surface area (Å²) in [7, 11) is 0. The minimum absolute atomic E-state index is 0.0567. The lowest BCUT2D eigenvalue weighted by molar-refractivity contribution is 0.389. The van der Waals surface area contributed by atoms with Gasteiger partial charge in [-0.05, 0) is 54.7 Å². The molecule has 2 aromatic carbocycles. The van der Waals surface area contributed by atoms with Gasteiger partial charge in [0.2, 0.25) is 0 Å². The number of phenolic OH excluding ortho intramolecular Hbond substituents is 2. The van der Waals surface area contributed by atoms with E-state index in [0.29, 0.717) is 11.1 Å².